The molecule has 2 atom stereocenters. The van der Waals surface area contributed by atoms with E-state index in [2.05, 4.69) is 33.6 Å². The van der Waals surface area contributed by atoms with Crippen molar-refractivity contribution in [2.24, 2.45) is 0 Å². The van der Waals surface area contributed by atoms with Gasteiger partial charge in [0.25, 0.3) is 5.56 Å². The Balaban J connectivity index is 1.50. The molecule has 35 heavy (non-hydrogen) atoms. The lowest BCUT2D eigenvalue weighted by molar-refractivity contribution is 0.0973. The second-order valence-corrected chi connectivity index (χ2v) is 9.11. The van der Waals surface area contributed by atoms with Crippen molar-refractivity contribution in [2.45, 2.75) is 25.9 Å². The number of morpholine rings is 2. The van der Waals surface area contributed by atoms with Crippen molar-refractivity contribution in [3.63, 3.8) is 0 Å². The molecule has 1 aromatic carbocycles. The molecule has 180 valence electrons. The predicted molar refractivity (Wildman–Crippen MR) is 134 cm³/mol. The van der Waals surface area contributed by atoms with Crippen LogP contribution in [0.25, 0.3) is 33.2 Å². The summed E-state index contributed by atoms with van der Waals surface area (Å²) in [6, 6.07) is 9.94. The van der Waals surface area contributed by atoms with Gasteiger partial charge >= 0.3 is 0 Å². The van der Waals surface area contributed by atoms with E-state index in [0.717, 1.165) is 35.6 Å². The molecule has 0 aliphatic carbocycles. The van der Waals surface area contributed by atoms with Crippen molar-refractivity contribution < 1.29 is 9.47 Å². The first-order chi connectivity index (χ1) is 17.1. The van der Waals surface area contributed by atoms with E-state index in [1.54, 1.807) is 6.07 Å². The molecule has 0 saturated carbocycles. The molecule has 6 rings (SSSR count). The molecule has 2 aliphatic heterocycles. The van der Waals surface area contributed by atoms with Gasteiger partial charge in [0, 0.05) is 18.7 Å². The van der Waals surface area contributed by atoms with E-state index < -0.39 is 0 Å². The van der Waals surface area contributed by atoms with Gasteiger partial charge in [0.2, 0.25) is 5.95 Å². The molecule has 10 heteroatoms. The van der Waals surface area contributed by atoms with Crippen LogP contribution in [0.5, 0.6) is 0 Å². The van der Waals surface area contributed by atoms with Gasteiger partial charge in [0.1, 0.15) is 5.82 Å². The number of nitrogens with zero attached hydrogens (tertiary/aromatic N) is 6. The van der Waals surface area contributed by atoms with Crippen molar-refractivity contribution in [1.82, 2.24) is 24.9 Å². The summed E-state index contributed by atoms with van der Waals surface area (Å²) in [7, 11) is 0. The van der Waals surface area contributed by atoms with E-state index >= 15 is 0 Å². The van der Waals surface area contributed by atoms with Gasteiger partial charge in [-0.05, 0) is 38.1 Å². The average Bonchev–Trinajstić information content (AvgIpc) is 2.88. The predicted octanol–water partition coefficient (Wildman–Crippen LogP) is 2.38. The van der Waals surface area contributed by atoms with E-state index in [4.69, 9.17) is 24.4 Å². The number of ether oxygens (including phenoxy) is 2. The summed E-state index contributed by atoms with van der Waals surface area (Å²) in [5.74, 6) is 1.55. The first kappa shape index (κ1) is 21.9. The number of H-pyrrole nitrogens is 1. The Morgan fingerprint density at radius 2 is 1.66 bits per heavy atom. The molecular weight excluding hydrogens is 446 g/mol. The minimum atomic E-state index is -0.158. The Labute approximate surface area is 201 Å². The lowest BCUT2D eigenvalue weighted by Crippen LogP contribution is -2.46. The molecular formula is C25H27N7O3. The van der Waals surface area contributed by atoms with Gasteiger partial charge in [-0.25, -0.2) is 9.97 Å². The Hall–Kier alpha value is -3.63. The van der Waals surface area contributed by atoms with Gasteiger partial charge in [-0.3, -0.25) is 4.79 Å². The van der Waals surface area contributed by atoms with Crippen molar-refractivity contribution in [3.8, 4) is 11.3 Å². The van der Waals surface area contributed by atoms with Crippen molar-refractivity contribution in [2.75, 3.05) is 49.3 Å². The standard InChI is InChI=1S/C25H27N7O3/c1-15-12-34-9-7-31(15)23-19-5-6-20(17-3-4-18-21(11-17)26-14-27-24(18)33)28-22(19)29-25(30-23)32-8-10-35-13-16(32)2/h3-6,11,14-16H,7-10,12-13H2,1-2H3,(H,26,27,33)/t15-,16-/m0/s1. The number of nitrogens with one attached hydrogen (secondary N) is 1. The molecule has 0 radical (unpaired) electrons. The molecule has 3 aromatic heterocycles. The molecule has 0 unspecified atom stereocenters. The summed E-state index contributed by atoms with van der Waals surface area (Å²) in [5.41, 5.74) is 2.75. The second-order valence-electron chi connectivity index (χ2n) is 9.11. The third-order valence-corrected chi connectivity index (χ3v) is 6.73. The fourth-order valence-electron chi connectivity index (χ4n) is 4.79. The van der Waals surface area contributed by atoms with Crippen LogP contribution >= 0.6 is 0 Å². The molecule has 2 aliphatic rings. The second kappa shape index (κ2) is 8.86. The number of hydrogen-bond donors (Lipinski definition) is 1. The molecule has 0 spiro atoms. The molecule has 0 amide bonds. The van der Waals surface area contributed by atoms with Crippen LogP contribution in [0.3, 0.4) is 0 Å². The maximum atomic E-state index is 12.1. The van der Waals surface area contributed by atoms with E-state index in [1.165, 1.54) is 6.33 Å². The average molecular weight is 474 g/mol. The van der Waals surface area contributed by atoms with Gasteiger partial charge in [-0.1, -0.05) is 6.07 Å². The first-order valence-corrected chi connectivity index (χ1v) is 11.9. The van der Waals surface area contributed by atoms with E-state index in [1.807, 2.05) is 24.3 Å². The summed E-state index contributed by atoms with van der Waals surface area (Å²) in [6.45, 7) is 8.37. The summed E-state index contributed by atoms with van der Waals surface area (Å²) in [5, 5.41) is 1.45. The highest BCUT2D eigenvalue weighted by Crippen LogP contribution is 2.31. The van der Waals surface area contributed by atoms with Crippen LogP contribution in [0.15, 0.2) is 41.5 Å². The van der Waals surface area contributed by atoms with Crippen LogP contribution in [0.4, 0.5) is 11.8 Å². The number of pyridine rings is 1. The van der Waals surface area contributed by atoms with E-state index in [9.17, 15) is 4.79 Å². The van der Waals surface area contributed by atoms with Gasteiger partial charge in [0.05, 0.1) is 66.8 Å². The van der Waals surface area contributed by atoms with Crippen LogP contribution < -0.4 is 15.4 Å². The molecule has 4 aromatic rings. The molecule has 10 nitrogen and oxygen atoms in total. The fourth-order valence-corrected chi connectivity index (χ4v) is 4.79. The number of benzene rings is 1. The van der Waals surface area contributed by atoms with Crippen molar-refractivity contribution in [1.29, 1.82) is 0 Å². The summed E-state index contributed by atoms with van der Waals surface area (Å²) in [6.07, 6.45) is 1.42. The SMILES string of the molecule is C[C@H]1COCCN1c1nc(N2CCOC[C@@H]2C)c2ccc(-c3ccc4c(=O)[nH]cnc4c3)nc2n1. The highest BCUT2D eigenvalue weighted by Gasteiger charge is 2.27. The Morgan fingerprint density at radius 3 is 2.43 bits per heavy atom. The van der Waals surface area contributed by atoms with Gasteiger partial charge < -0.3 is 24.3 Å². The monoisotopic (exact) mass is 473 g/mol. The number of aromatic amines is 1. The summed E-state index contributed by atoms with van der Waals surface area (Å²) < 4.78 is 11.3. The zero-order valence-corrected chi connectivity index (χ0v) is 19.8. The Kier molecular flexibility index (Phi) is 5.54. The third-order valence-electron chi connectivity index (χ3n) is 6.73. The zero-order valence-electron chi connectivity index (χ0n) is 19.8. The summed E-state index contributed by atoms with van der Waals surface area (Å²) in [4.78, 5) is 38.4. The van der Waals surface area contributed by atoms with Crippen molar-refractivity contribution in [3.05, 3.63) is 47.0 Å². The molecule has 5 heterocycles. The van der Waals surface area contributed by atoms with Crippen LogP contribution in [-0.2, 0) is 9.47 Å². The molecule has 2 saturated heterocycles. The highest BCUT2D eigenvalue weighted by atomic mass is 16.5. The summed E-state index contributed by atoms with van der Waals surface area (Å²) >= 11 is 0. The lowest BCUT2D eigenvalue weighted by Gasteiger charge is -2.37. The third kappa shape index (κ3) is 3.98. The maximum absolute atomic E-state index is 12.1. The van der Waals surface area contributed by atoms with Crippen LogP contribution in [0, 0.1) is 0 Å². The maximum Gasteiger partial charge on any atom is 0.258 e. The molecule has 1 N–H and O–H groups in total. The zero-order chi connectivity index (χ0) is 23.9. The minimum absolute atomic E-state index is 0.158. The van der Waals surface area contributed by atoms with Gasteiger partial charge in [-0.15, -0.1) is 0 Å². The van der Waals surface area contributed by atoms with Crippen LogP contribution in [0.2, 0.25) is 0 Å². The first-order valence-electron chi connectivity index (χ1n) is 11.9. The quantitative estimate of drug-likeness (QED) is 0.480. The topological polar surface area (TPSA) is 109 Å². The van der Waals surface area contributed by atoms with E-state index in [0.29, 0.717) is 48.9 Å². The van der Waals surface area contributed by atoms with Gasteiger partial charge in [0.15, 0.2) is 5.65 Å². The lowest BCUT2D eigenvalue weighted by atomic mass is 10.1. The number of rotatable bonds is 3. The smallest absolute Gasteiger partial charge is 0.258 e. The largest absolute Gasteiger partial charge is 0.377 e. The fraction of sp³-hybridized carbons (Fsp3) is 0.400. The van der Waals surface area contributed by atoms with Gasteiger partial charge in [-0.2, -0.15) is 9.97 Å². The minimum Gasteiger partial charge on any atom is -0.377 e. The number of aromatic nitrogens is 5. The Morgan fingerprint density at radius 1 is 0.914 bits per heavy atom. The van der Waals surface area contributed by atoms with Crippen LogP contribution in [-0.4, -0.2) is 76.5 Å². The van der Waals surface area contributed by atoms with Crippen LogP contribution in [0.1, 0.15) is 13.8 Å². The number of fused-ring (bicyclic) bond motifs is 2. The normalized spacial score (nSPS) is 21.1. The number of hydrogen-bond acceptors (Lipinski definition) is 9. The Bertz CT molecular complexity index is 1460. The van der Waals surface area contributed by atoms with Crippen molar-refractivity contribution >= 4 is 33.7 Å². The highest BCUT2D eigenvalue weighted by molar-refractivity contribution is 5.91. The molecule has 0 bridgehead atoms. The molecule has 2 fully saturated rings. The number of anilines is 2. The van der Waals surface area contributed by atoms with E-state index in [-0.39, 0.29) is 17.6 Å².